The van der Waals surface area contributed by atoms with Gasteiger partial charge in [-0.05, 0) is 39.3 Å². The predicted octanol–water partition coefficient (Wildman–Crippen LogP) is 2.68. The molecule has 12 heavy (non-hydrogen) atoms. The Hall–Kier alpha value is -0.300. The molecule has 1 saturated carbocycles. The van der Waals surface area contributed by atoms with E-state index in [0.29, 0.717) is 5.92 Å². The maximum absolute atomic E-state index is 2.44. The van der Waals surface area contributed by atoms with Crippen LogP contribution in [0.3, 0.4) is 0 Å². The van der Waals surface area contributed by atoms with E-state index in [9.17, 15) is 0 Å². The van der Waals surface area contributed by atoms with E-state index in [2.05, 4.69) is 38.9 Å². The molecule has 0 N–H and O–H groups in total. The Morgan fingerprint density at radius 1 is 1.42 bits per heavy atom. The molecule has 1 aliphatic carbocycles. The summed E-state index contributed by atoms with van der Waals surface area (Å²) in [6.07, 6.45) is 6.49. The van der Waals surface area contributed by atoms with Crippen LogP contribution in [0.1, 0.15) is 33.1 Å². The second kappa shape index (κ2) is 4.08. The summed E-state index contributed by atoms with van der Waals surface area (Å²) in [6.45, 7) is 4.52. The molecule has 0 aromatic rings. The van der Waals surface area contributed by atoms with Crippen molar-refractivity contribution in [2.45, 2.75) is 39.2 Å². The zero-order valence-corrected chi connectivity index (χ0v) is 8.80. The minimum absolute atomic E-state index is 0.709. The highest BCUT2D eigenvalue weighted by atomic mass is 15.1. The second-order valence-electron chi connectivity index (χ2n) is 4.36. The van der Waals surface area contributed by atoms with Crippen LogP contribution in [0.5, 0.6) is 0 Å². The van der Waals surface area contributed by atoms with Crippen molar-refractivity contribution >= 4 is 0 Å². The zero-order valence-electron chi connectivity index (χ0n) is 8.80. The lowest BCUT2D eigenvalue weighted by atomic mass is 10.0. The molecule has 0 bridgehead atoms. The minimum atomic E-state index is 0.709. The van der Waals surface area contributed by atoms with Crippen molar-refractivity contribution in [2.75, 3.05) is 14.1 Å². The fraction of sp³-hybridized carbons (Fsp3) is 0.818. The molecule has 0 heterocycles. The van der Waals surface area contributed by atoms with Gasteiger partial charge >= 0.3 is 0 Å². The van der Waals surface area contributed by atoms with Crippen LogP contribution in [-0.4, -0.2) is 25.0 Å². The molecule has 0 amide bonds. The summed E-state index contributed by atoms with van der Waals surface area (Å²) in [5.74, 6) is 0.709. The van der Waals surface area contributed by atoms with E-state index in [1.54, 1.807) is 5.57 Å². The summed E-state index contributed by atoms with van der Waals surface area (Å²) in [6, 6.07) is 0.729. The number of likely N-dealkylation sites (N-methyl/N-ethyl adjacent to an activating group) is 1. The molecule has 1 atom stereocenters. The second-order valence-corrected chi connectivity index (χ2v) is 4.36. The lowest BCUT2D eigenvalue weighted by Gasteiger charge is -2.21. The van der Waals surface area contributed by atoms with Crippen molar-refractivity contribution in [1.29, 1.82) is 0 Å². The van der Waals surface area contributed by atoms with Crippen LogP contribution < -0.4 is 0 Å². The van der Waals surface area contributed by atoms with Gasteiger partial charge in [0.05, 0.1) is 0 Å². The Bertz CT molecular complexity index is 168. The van der Waals surface area contributed by atoms with E-state index in [0.717, 1.165) is 6.04 Å². The number of rotatable bonds is 2. The highest BCUT2D eigenvalue weighted by Crippen LogP contribution is 2.28. The molecule has 1 heteroatoms. The van der Waals surface area contributed by atoms with E-state index >= 15 is 0 Å². The molecule has 0 saturated heterocycles. The first kappa shape index (κ1) is 9.79. The lowest BCUT2D eigenvalue weighted by molar-refractivity contribution is 0.334. The van der Waals surface area contributed by atoms with Gasteiger partial charge in [-0.15, -0.1) is 0 Å². The molecule has 1 nitrogen and oxygen atoms in total. The van der Waals surface area contributed by atoms with Crippen LogP contribution in [0.15, 0.2) is 11.6 Å². The van der Waals surface area contributed by atoms with Gasteiger partial charge in [-0.2, -0.15) is 0 Å². The molecule has 0 aromatic carbocycles. The number of allylic oxidation sites excluding steroid dienone is 1. The summed E-state index contributed by atoms with van der Waals surface area (Å²) in [7, 11) is 4.37. The van der Waals surface area contributed by atoms with Gasteiger partial charge in [-0.3, -0.25) is 0 Å². The van der Waals surface area contributed by atoms with E-state index in [4.69, 9.17) is 0 Å². The van der Waals surface area contributed by atoms with Gasteiger partial charge in [-0.25, -0.2) is 0 Å². The van der Waals surface area contributed by atoms with Gasteiger partial charge in [0, 0.05) is 6.04 Å². The van der Waals surface area contributed by atoms with Crippen LogP contribution in [0.4, 0.5) is 0 Å². The Morgan fingerprint density at radius 3 is 2.58 bits per heavy atom. The maximum atomic E-state index is 2.44. The molecule has 0 spiro atoms. The number of hydrogen-bond acceptors (Lipinski definition) is 1. The third-order valence-corrected chi connectivity index (χ3v) is 2.54. The molecule has 0 radical (unpaired) electrons. The third kappa shape index (κ3) is 2.34. The molecule has 0 aliphatic heterocycles. The van der Waals surface area contributed by atoms with Crippen LogP contribution in [-0.2, 0) is 0 Å². The van der Waals surface area contributed by atoms with Crippen molar-refractivity contribution in [3.05, 3.63) is 11.6 Å². The molecule has 1 aliphatic rings. The van der Waals surface area contributed by atoms with Crippen molar-refractivity contribution in [1.82, 2.24) is 4.90 Å². The molecule has 1 unspecified atom stereocenters. The maximum Gasteiger partial charge on any atom is 0.0301 e. The van der Waals surface area contributed by atoms with Crippen LogP contribution in [0.2, 0.25) is 0 Å². The lowest BCUT2D eigenvalue weighted by Crippen LogP contribution is -2.26. The summed E-state index contributed by atoms with van der Waals surface area (Å²) in [5.41, 5.74) is 1.66. The average molecular weight is 167 g/mol. The number of hydrogen-bond donors (Lipinski definition) is 0. The fourth-order valence-electron chi connectivity index (χ4n) is 2.06. The normalized spacial score (nSPS) is 27.8. The fourth-order valence-corrected chi connectivity index (χ4v) is 2.06. The SMILES string of the molecule is CC(C)/C=C1\CCCC1N(C)C. The van der Waals surface area contributed by atoms with Crippen LogP contribution in [0.25, 0.3) is 0 Å². The van der Waals surface area contributed by atoms with Gasteiger partial charge in [-0.1, -0.05) is 25.5 Å². The molecular formula is C11H21N. The molecule has 70 valence electrons. The van der Waals surface area contributed by atoms with Crippen molar-refractivity contribution in [2.24, 2.45) is 5.92 Å². The Balaban J connectivity index is 2.63. The molecule has 1 fully saturated rings. The summed E-state index contributed by atoms with van der Waals surface area (Å²) < 4.78 is 0. The van der Waals surface area contributed by atoms with Crippen LogP contribution in [0, 0.1) is 5.92 Å². The monoisotopic (exact) mass is 167 g/mol. The van der Waals surface area contributed by atoms with E-state index in [1.807, 2.05) is 0 Å². The van der Waals surface area contributed by atoms with Gasteiger partial charge < -0.3 is 4.90 Å². The largest absolute Gasteiger partial charge is 0.303 e. The van der Waals surface area contributed by atoms with E-state index < -0.39 is 0 Å². The van der Waals surface area contributed by atoms with Crippen LogP contribution >= 0.6 is 0 Å². The Morgan fingerprint density at radius 2 is 2.08 bits per heavy atom. The molecule has 1 rings (SSSR count). The Labute approximate surface area is 76.5 Å². The smallest absolute Gasteiger partial charge is 0.0301 e. The standard InChI is InChI=1S/C11H21N/c1-9(2)8-10-6-5-7-11(10)12(3)4/h8-9,11H,5-7H2,1-4H3/b10-8+. The number of nitrogens with zero attached hydrogens (tertiary/aromatic N) is 1. The topological polar surface area (TPSA) is 3.24 Å². The highest BCUT2D eigenvalue weighted by Gasteiger charge is 2.22. The van der Waals surface area contributed by atoms with Gasteiger partial charge in [0.25, 0.3) is 0 Å². The first-order valence-corrected chi connectivity index (χ1v) is 4.98. The highest BCUT2D eigenvalue weighted by molar-refractivity contribution is 5.16. The first-order valence-electron chi connectivity index (χ1n) is 4.98. The third-order valence-electron chi connectivity index (χ3n) is 2.54. The Kier molecular flexibility index (Phi) is 3.33. The van der Waals surface area contributed by atoms with Gasteiger partial charge in [0.1, 0.15) is 0 Å². The minimum Gasteiger partial charge on any atom is -0.303 e. The van der Waals surface area contributed by atoms with Crippen molar-refractivity contribution < 1.29 is 0 Å². The summed E-state index contributed by atoms with van der Waals surface area (Å²) in [4.78, 5) is 2.35. The summed E-state index contributed by atoms with van der Waals surface area (Å²) in [5, 5.41) is 0. The zero-order chi connectivity index (χ0) is 9.14. The quantitative estimate of drug-likeness (QED) is 0.572. The first-order chi connectivity index (χ1) is 5.61. The van der Waals surface area contributed by atoms with Crippen molar-refractivity contribution in [3.8, 4) is 0 Å². The predicted molar refractivity (Wildman–Crippen MR) is 54.2 cm³/mol. The molecular weight excluding hydrogens is 146 g/mol. The van der Waals surface area contributed by atoms with Gasteiger partial charge in [0.15, 0.2) is 0 Å². The average Bonchev–Trinajstić information content (AvgIpc) is 2.33. The van der Waals surface area contributed by atoms with E-state index in [1.165, 1.54) is 19.3 Å². The van der Waals surface area contributed by atoms with E-state index in [-0.39, 0.29) is 0 Å². The van der Waals surface area contributed by atoms with Gasteiger partial charge in [0.2, 0.25) is 0 Å². The summed E-state index contributed by atoms with van der Waals surface area (Å²) >= 11 is 0. The molecule has 0 aromatic heterocycles. The van der Waals surface area contributed by atoms with Crippen molar-refractivity contribution in [3.63, 3.8) is 0 Å².